The number of rotatable bonds is 2. The highest BCUT2D eigenvalue weighted by molar-refractivity contribution is 5.80. The molecule has 0 bridgehead atoms. The first-order valence-electron chi connectivity index (χ1n) is 6.54. The third-order valence-corrected chi connectivity index (χ3v) is 3.49. The molecule has 1 aromatic heterocycles. The average molecular weight is 283 g/mol. The minimum absolute atomic E-state index is 0.156. The summed E-state index contributed by atoms with van der Waals surface area (Å²) >= 11 is 0. The first kappa shape index (κ1) is 13.3. The Morgan fingerprint density at radius 3 is 2.81 bits per heavy atom. The molecular formula is C16H14FN3O. The fourth-order valence-corrected chi connectivity index (χ4v) is 2.31. The van der Waals surface area contributed by atoms with E-state index in [0.717, 1.165) is 11.1 Å². The van der Waals surface area contributed by atoms with Crippen LogP contribution >= 0.6 is 0 Å². The molecule has 106 valence electrons. The molecule has 0 saturated heterocycles. The SMILES string of the molecule is Cc1cc(F)ccc1Cn1cnc2ccc(N)cc2c1=O. The Morgan fingerprint density at radius 2 is 2.05 bits per heavy atom. The van der Waals surface area contributed by atoms with Crippen LogP contribution in [0.25, 0.3) is 10.9 Å². The van der Waals surface area contributed by atoms with Crippen molar-refractivity contribution in [2.75, 3.05) is 5.73 Å². The molecule has 1 heterocycles. The lowest BCUT2D eigenvalue weighted by Gasteiger charge is -2.09. The van der Waals surface area contributed by atoms with E-state index in [2.05, 4.69) is 4.98 Å². The van der Waals surface area contributed by atoms with Gasteiger partial charge in [-0.15, -0.1) is 0 Å². The topological polar surface area (TPSA) is 60.9 Å². The van der Waals surface area contributed by atoms with Gasteiger partial charge in [-0.05, 0) is 48.4 Å². The van der Waals surface area contributed by atoms with Crippen LogP contribution in [0.4, 0.5) is 10.1 Å². The average Bonchev–Trinajstić information content (AvgIpc) is 2.45. The number of benzene rings is 2. The molecule has 5 heteroatoms. The molecule has 0 fully saturated rings. The van der Waals surface area contributed by atoms with Crippen LogP contribution in [0, 0.1) is 12.7 Å². The minimum Gasteiger partial charge on any atom is -0.399 e. The van der Waals surface area contributed by atoms with Gasteiger partial charge in [0.2, 0.25) is 0 Å². The van der Waals surface area contributed by atoms with E-state index >= 15 is 0 Å². The van der Waals surface area contributed by atoms with Gasteiger partial charge in [0.05, 0.1) is 23.8 Å². The Bertz CT molecular complexity index is 886. The standard InChI is InChI=1S/C16H14FN3O/c1-10-6-12(17)3-2-11(10)8-20-9-19-15-5-4-13(18)7-14(15)16(20)21/h2-7,9H,8,18H2,1H3. The van der Waals surface area contributed by atoms with Gasteiger partial charge in [0.15, 0.2) is 0 Å². The van der Waals surface area contributed by atoms with Crippen molar-refractivity contribution in [2.24, 2.45) is 0 Å². The molecule has 3 rings (SSSR count). The number of nitrogens with two attached hydrogens (primary N) is 1. The Hall–Kier alpha value is -2.69. The maximum atomic E-state index is 13.1. The zero-order valence-electron chi connectivity index (χ0n) is 11.5. The van der Waals surface area contributed by atoms with Crippen molar-refractivity contribution in [1.82, 2.24) is 9.55 Å². The lowest BCUT2D eigenvalue weighted by Crippen LogP contribution is -2.21. The maximum absolute atomic E-state index is 13.1. The number of hydrogen-bond acceptors (Lipinski definition) is 3. The summed E-state index contributed by atoms with van der Waals surface area (Å²) in [4.78, 5) is 16.7. The molecular weight excluding hydrogens is 269 g/mol. The zero-order chi connectivity index (χ0) is 15.0. The summed E-state index contributed by atoms with van der Waals surface area (Å²) in [5.41, 5.74) is 8.38. The van der Waals surface area contributed by atoms with E-state index in [9.17, 15) is 9.18 Å². The molecule has 0 saturated carbocycles. The third-order valence-electron chi connectivity index (χ3n) is 3.49. The summed E-state index contributed by atoms with van der Waals surface area (Å²) in [6.45, 7) is 2.17. The number of nitrogens with zero attached hydrogens (tertiary/aromatic N) is 2. The molecule has 4 nitrogen and oxygen atoms in total. The van der Waals surface area contributed by atoms with Crippen LogP contribution in [0.3, 0.4) is 0 Å². The summed E-state index contributed by atoms with van der Waals surface area (Å²) in [5, 5.41) is 0.484. The van der Waals surface area contributed by atoms with Gasteiger partial charge in [-0.3, -0.25) is 9.36 Å². The molecule has 21 heavy (non-hydrogen) atoms. The molecule has 0 atom stereocenters. The van der Waals surface area contributed by atoms with Crippen molar-refractivity contribution in [2.45, 2.75) is 13.5 Å². The largest absolute Gasteiger partial charge is 0.399 e. The molecule has 2 N–H and O–H groups in total. The highest BCUT2D eigenvalue weighted by Gasteiger charge is 2.07. The van der Waals surface area contributed by atoms with E-state index in [1.54, 1.807) is 24.3 Å². The molecule has 0 amide bonds. The summed E-state index contributed by atoms with van der Waals surface area (Å²) in [6.07, 6.45) is 1.50. The number of fused-ring (bicyclic) bond motifs is 1. The molecule has 3 aromatic rings. The summed E-state index contributed by atoms with van der Waals surface area (Å²) in [5.74, 6) is -0.284. The van der Waals surface area contributed by atoms with Gasteiger partial charge >= 0.3 is 0 Å². The first-order valence-corrected chi connectivity index (χ1v) is 6.54. The van der Waals surface area contributed by atoms with Crippen LogP contribution in [0.2, 0.25) is 0 Å². The number of nitrogen functional groups attached to an aromatic ring is 1. The number of hydrogen-bond donors (Lipinski definition) is 1. The molecule has 0 aliphatic heterocycles. The Kier molecular flexibility index (Phi) is 3.17. The number of halogens is 1. The quantitative estimate of drug-likeness (QED) is 0.735. The lowest BCUT2D eigenvalue weighted by atomic mass is 10.1. The van der Waals surface area contributed by atoms with Gasteiger partial charge in [-0.25, -0.2) is 9.37 Å². The summed E-state index contributed by atoms with van der Waals surface area (Å²) < 4.78 is 14.6. The van der Waals surface area contributed by atoms with E-state index in [1.165, 1.54) is 23.0 Å². The van der Waals surface area contributed by atoms with E-state index in [1.807, 2.05) is 6.92 Å². The van der Waals surface area contributed by atoms with Gasteiger partial charge in [-0.2, -0.15) is 0 Å². The predicted molar refractivity (Wildman–Crippen MR) is 80.7 cm³/mol. The first-order chi connectivity index (χ1) is 10.0. The van der Waals surface area contributed by atoms with Gasteiger partial charge in [0.1, 0.15) is 5.82 Å². The smallest absolute Gasteiger partial charge is 0.261 e. The molecule has 2 aromatic carbocycles. The molecule has 0 aliphatic carbocycles. The summed E-state index contributed by atoms with van der Waals surface area (Å²) in [6, 6.07) is 9.58. The zero-order valence-corrected chi connectivity index (χ0v) is 11.5. The molecule has 0 unspecified atom stereocenters. The van der Waals surface area contributed by atoms with Gasteiger partial charge in [0.25, 0.3) is 5.56 Å². The second kappa shape index (κ2) is 5.01. The van der Waals surface area contributed by atoms with E-state index in [-0.39, 0.29) is 11.4 Å². The van der Waals surface area contributed by atoms with Crippen molar-refractivity contribution in [3.8, 4) is 0 Å². The van der Waals surface area contributed by atoms with Crippen LogP contribution in [-0.2, 0) is 6.54 Å². The minimum atomic E-state index is -0.284. The van der Waals surface area contributed by atoms with E-state index in [4.69, 9.17) is 5.73 Å². The number of anilines is 1. The molecule has 0 radical (unpaired) electrons. The third kappa shape index (κ3) is 2.50. The normalized spacial score (nSPS) is 11.0. The monoisotopic (exact) mass is 283 g/mol. The van der Waals surface area contributed by atoms with Gasteiger partial charge in [-0.1, -0.05) is 6.07 Å². The fourth-order valence-electron chi connectivity index (χ4n) is 2.31. The lowest BCUT2D eigenvalue weighted by molar-refractivity contribution is 0.624. The van der Waals surface area contributed by atoms with Crippen molar-refractivity contribution in [3.05, 3.63) is 70.0 Å². The highest BCUT2D eigenvalue weighted by atomic mass is 19.1. The van der Waals surface area contributed by atoms with Crippen LogP contribution in [0.5, 0.6) is 0 Å². The fraction of sp³-hybridized carbons (Fsp3) is 0.125. The Morgan fingerprint density at radius 1 is 1.24 bits per heavy atom. The second-order valence-electron chi connectivity index (χ2n) is 5.03. The van der Waals surface area contributed by atoms with Crippen LogP contribution in [0.1, 0.15) is 11.1 Å². The highest BCUT2D eigenvalue weighted by Crippen LogP contribution is 2.13. The maximum Gasteiger partial charge on any atom is 0.261 e. The van der Waals surface area contributed by atoms with E-state index < -0.39 is 0 Å². The van der Waals surface area contributed by atoms with Crippen molar-refractivity contribution in [1.29, 1.82) is 0 Å². The van der Waals surface area contributed by atoms with Crippen molar-refractivity contribution < 1.29 is 4.39 Å². The van der Waals surface area contributed by atoms with E-state index in [0.29, 0.717) is 23.1 Å². The van der Waals surface area contributed by atoms with Crippen LogP contribution in [0.15, 0.2) is 47.5 Å². The number of aryl methyl sites for hydroxylation is 1. The van der Waals surface area contributed by atoms with Crippen molar-refractivity contribution in [3.63, 3.8) is 0 Å². The second-order valence-corrected chi connectivity index (χ2v) is 5.03. The van der Waals surface area contributed by atoms with Gasteiger partial charge < -0.3 is 5.73 Å². The number of aromatic nitrogens is 2. The molecule has 0 aliphatic rings. The summed E-state index contributed by atoms with van der Waals surface area (Å²) in [7, 11) is 0. The van der Waals surface area contributed by atoms with Crippen molar-refractivity contribution >= 4 is 16.6 Å². The molecule has 0 spiro atoms. The Labute approximate surface area is 120 Å². The Balaban J connectivity index is 2.09. The van der Waals surface area contributed by atoms with Crippen LogP contribution < -0.4 is 11.3 Å². The van der Waals surface area contributed by atoms with Gasteiger partial charge in [0, 0.05) is 5.69 Å². The predicted octanol–water partition coefficient (Wildman–Crippen LogP) is 2.47. The van der Waals surface area contributed by atoms with Crippen LogP contribution in [-0.4, -0.2) is 9.55 Å².